The zero-order valence-electron chi connectivity index (χ0n) is 14.4. The molecular formula is C18H24N2O3S. The Hall–Kier alpha value is -1.53. The second kappa shape index (κ2) is 6.41. The Morgan fingerprint density at radius 2 is 2.00 bits per heavy atom. The van der Waals surface area contributed by atoms with Crippen molar-refractivity contribution in [1.29, 1.82) is 0 Å². The number of amides is 1. The summed E-state index contributed by atoms with van der Waals surface area (Å²) in [5, 5.41) is 0. The summed E-state index contributed by atoms with van der Waals surface area (Å²) >= 11 is -1.29. The van der Waals surface area contributed by atoms with Crippen molar-refractivity contribution in [3.8, 4) is 0 Å². The van der Waals surface area contributed by atoms with E-state index in [0.29, 0.717) is 13.1 Å². The van der Waals surface area contributed by atoms with Crippen molar-refractivity contribution >= 4 is 23.2 Å². The molecule has 1 aliphatic heterocycles. The Balaban J connectivity index is 1.62. The third-order valence-electron chi connectivity index (χ3n) is 4.48. The van der Waals surface area contributed by atoms with E-state index in [-0.39, 0.29) is 22.9 Å². The maximum absolute atomic E-state index is 12.3. The van der Waals surface area contributed by atoms with E-state index < -0.39 is 11.4 Å². The molecule has 0 unspecified atom stereocenters. The maximum Gasteiger partial charge on any atom is 0.410 e. The number of likely N-dealkylation sites (tertiary alicyclic amines) is 1. The molecule has 1 heterocycles. The van der Waals surface area contributed by atoms with Crippen LogP contribution in [0.25, 0.3) is 0 Å². The third kappa shape index (κ3) is 3.75. The van der Waals surface area contributed by atoms with Gasteiger partial charge in [-0.1, -0.05) is 34.7 Å². The van der Waals surface area contributed by atoms with Gasteiger partial charge in [0.1, 0.15) is 22.7 Å². The lowest BCUT2D eigenvalue weighted by atomic mass is 10.1. The van der Waals surface area contributed by atoms with E-state index in [1.54, 1.807) is 4.90 Å². The van der Waals surface area contributed by atoms with Crippen LogP contribution in [0.1, 0.15) is 39.2 Å². The lowest BCUT2D eigenvalue weighted by molar-refractivity contribution is 0.103. The number of rotatable bonds is 3. The van der Waals surface area contributed by atoms with Gasteiger partial charge >= 0.3 is 6.09 Å². The zero-order valence-corrected chi connectivity index (χ0v) is 15.3. The van der Waals surface area contributed by atoms with Gasteiger partial charge in [0.25, 0.3) is 0 Å². The molecule has 1 saturated carbocycles. The van der Waals surface area contributed by atoms with Crippen LogP contribution in [0.5, 0.6) is 0 Å². The number of hydrogen-bond acceptors (Lipinski definition) is 4. The van der Waals surface area contributed by atoms with Crippen LogP contribution in [-0.4, -0.2) is 39.1 Å². The molecule has 0 aromatic heterocycles. The van der Waals surface area contributed by atoms with Crippen LogP contribution >= 0.6 is 0 Å². The Labute approximate surface area is 146 Å². The lowest BCUT2D eigenvalue weighted by Crippen LogP contribution is -2.30. The highest BCUT2D eigenvalue weighted by Crippen LogP contribution is 2.51. The van der Waals surface area contributed by atoms with Gasteiger partial charge < -0.3 is 14.2 Å². The number of ether oxygens (including phenoxy) is 1. The lowest BCUT2D eigenvalue weighted by Gasteiger charge is -2.19. The predicted octanol–water partition coefficient (Wildman–Crippen LogP) is 3.32. The molecule has 1 aromatic carbocycles. The van der Waals surface area contributed by atoms with Crippen LogP contribution in [0.3, 0.4) is 0 Å². The molecular weight excluding hydrogens is 324 g/mol. The van der Waals surface area contributed by atoms with E-state index in [2.05, 4.69) is 4.40 Å². The minimum atomic E-state index is -1.29. The molecule has 1 amide bonds. The fourth-order valence-electron chi connectivity index (χ4n) is 2.76. The molecule has 1 aromatic rings. The average molecular weight is 348 g/mol. The van der Waals surface area contributed by atoms with Gasteiger partial charge in [0.05, 0.1) is 12.3 Å². The SMILES string of the molecule is CC(C)(C)[S@@+]([O-])/N=C1\CN(C(=O)OCc2ccccc2)CC12CC2. The monoisotopic (exact) mass is 348 g/mol. The summed E-state index contributed by atoms with van der Waals surface area (Å²) in [7, 11) is 0. The molecule has 1 spiro atoms. The van der Waals surface area contributed by atoms with E-state index in [9.17, 15) is 9.35 Å². The molecule has 1 aliphatic carbocycles. The van der Waals surface area contributed by atoms with Gasteiger partial charge in [-0.25, -0.2) is 4.79 Å². The number of hydrogen-bond donors (Lipinski definition) is 0. The van der Waals surface area contributed by atoms with Gasteiger partial charge in [-0.2, -0.15) is 0 Å². The standard InChI is InChI=1S/C18H24N2O3S/c1-17(2,3)24(22)19-15-11-20(13-18(15)9-10-18)16(21)23-12-14-7-5-4-6-8-14/h4-8H,9-13H2,1-3H3/b19-15+/t24-/m1/s1. The molecule has 130 valence electrons. The van der Waals surface area contributed by atoms with Crippen LogP contribution in [0.4, 0.5) is 4.79 Å². The largest absolute Gasteiger partial charge is 0.591 e. The average Bonchev–Trinajstić information content (AvgIpc) is 3.22. The summed E-state index contributed by atoms with van der Waals surface area (Å²) in [6.45, 7) is 7.05. The minimum Gasteiger partial charge on any atom is -0.591 e. The summed E-state index contributed by atoms with van der Waals surface area (Å²) in [6, 6.07) is 9.63. The molecule has 0 N–H and O–H groups in total. The maximum atomic E-state index is 12.3. The first-order valence-corrected chi connectivity index (χ1v) is 9.37. The Bertz CT molecular complexity index is 635. The second-order valence-electron chi connectivity index (χ2n) is 7.58. The summed E-state index contributed by atoms with van der Waals surface area (Å²) < 4.78 is 21.8. The van der Waals surface area contributed by atoms with Crippen molar-refractivity contribution < 1.29 is 14.1 Å². The number of nitrogens with zero attached hydrogens (tertiary/aromatic N) is 2. The first kappa shape index (κ1) is 17.3. The molecule has 0 bridgehead atoms. The Morgan fingerprint density at radius 3 is 2.58 bits per heavy atom. The van der Waals surface area contributed by atoms with Crippen molar-refractivity contribution in [1.82, 2.24) is 4.90 Å². The zero-order chi connectivity index (χ0) is 17.4. The van der Waals surface area contributed by atoms with E-state index in [1.807, 2.05) is 51.1 Å². The van der Waals surface area contributed by atoms with Gasteiger partial charge in [0.2, 0.25) is 0 Å². The summed E-state index contributed by atoms with van der Waals surface area (Å²) in [4.78, 5) is 14.0. The highest BCUT2D eigenvalue weighted by molar-refractivity contribution is 7.91. The van der Waals surface area contributed by atoms with Gasteiger partial charge in [0.15, 0.2) is 0 Å². The highest BCUT2D eigenvalue weighted by atomic mass is 32.2. The van der Waals surface area contributed by atoms with E-state index in [4.69, 9.17) is 4.74 Å². The van der Waals surface area contributed by atoms with E-state index >= 15 is 0 Å². The first-order chi connectivity index (χ1) is 11.3. The molecule has 5 nitrogen and oxygen atoms in total. The van der Waals surface area contributed by atoms with Crippen LogP contribution in [0.15, 0.2) is 34.7 Å². The van der Waals surface area contributed by atoms with Crippen LogP contribution in [0, 0.1) is 5.41 Å². The summed E-state index contributed by atoms with van der Waals surface area (Å²) in [5.74, 6) is 0. The van der Waals surface area contributed by atoms with Crippen molar-refractivity contribution in [3.05, 3.63) is 35.9 Å². The van der Waals surface area contributed by atoms with E-state index in [1.165, 1.54) is 0 Å². The second-order valence-corrected chi connectivity index (χ2v) is 9.48. The molecule has 1 atom stereocenters. The molecule has 1 saturated heterocycles. The highest BCUT2D eigenvalue weighted by Gasteiger charge is 2.56. The predicted molar refractivity (Wildman–Crippen MR) is 95.2 cm³/mol. The van der Waals surface area contributed by atoms with Gasteiger partial charge in [0, 0.05) is 12.0 Å². The number of carbonyl (C=O) groups is 1. The Morgan fingerprint density at radius 1 is 1.33 bits per heavy atom. The van der Waals surface area contributed by atoms with Gasteiger partial charge in [-0.15, -0.1) is 0 Å². The van der Waals surface area contributed by atoms with Crippen molar-refractivity contribution in [2.75, 3.05) is 13.1 Å². The molecule has 0 radical (unpaired) electrons. The van der Waals surface area contributed by atoms with Crippen molar-refractivity contribution in [3.63, 3.8) is 0 Å². The quantitative estimate of drug-likeness (QED) is 0.787. The van der Waals surface area contributed by atoms with Crippen molar-refractivity contribution in [2.45, 2.75) is 45.0 Å². The molecule has 2 aliphatic rings. The topological polar surface area (TPSA) is 65.0 Å². The van der Waals surface area contributed by atoms with Crippen molar-refractivity contribution in [2.24, 2.45) is 9.81 Å². The fourth-order valence-corrected chi connectivity index (χ4v) is 3.49. The van der Waals surface area contributed by atoms with Crippen LogP contribution in [-0.2, 0) is 22.7 Å². The van der Waals surface area contributed by atoms with Crippen LogP contribution < -0.4 is 0 Å². The third-order valence-corrected chi connectivity index (χ3v) is 5.91. The van der Waals surface area contributed by atoms with E-state index in [0.717, 1.165) is 24.1 Å². The normalized spacial score (nSPS) is 22.0. The summed E-state index contributed by atoms with van der Waals surface area (Å²) in [5.41, 5.74) is 1.81. The number of carbonyl (C=O) groups excluding carboxylic acids is 1. The molecule has 6 heteroatoms. The summed E-state index contributed by atoms with van der Waals surface area (Å²) in [6.07, 6.45) is 1.70. The van der Waals surface area contributed by atoms with Gasteiger partial charge in [-0.3, -0.25) is 0 Å². The number of benzene rings is 1. The minimum absolute atomic E-state index is 0.0489. The smallest absolute Gasteiger partial charge is 0.410 e. The molecule has 3 rings (SSSR count). The van der Waals surface area contributed by atoms with Crippen LogP contribution in [0.2, 0.25) is 0 Å². The molecule has 2 fully saturated rings. The fraction of sp³-hybridized carbons (Fsp3) is 0.556. The molecule has 24 heavy (non-hydrogen) atoms. The Kier molecular flexibility index (Phi) is 4.62. The van der Waals surface area contributed by atoms with Gasteiger partial charge in [-0.05, 0) is 39.2 Å². The first-order valence-electron chi connectivity index (χ1n) is 8.26.